The Morgan fingerprint density at radius 3 is 0.976 bits per heavy atom. The number of unbranched alkanes of at least 4 members (excludes halogenated alkanes) is 16. The summed E-state index contributed by atoms with van der Waals surface area (Å²) in [6.07, 6.45) is 28.1. The van der Waals surface area contributed by atoms with Crippen LogP contribution in [0.2, 0.25) is 0 Å². The van der Waals surface area contributed by atoms with Gasteiger partial charge in [-0.25, -0.2) is 0 Å². The van der Waals surface area contributed by atoms with Crippen molar-refractivity contribution in [3.63, 3.8) is 0 Å². The van der Waals surface area contributed by atoms with Crippen LogP contribution in [0.25, 0.3) is 0 Å². The minimum atomic E-state index is -0.384. The summed E-state index contributed by atoms with van der Waals surface area (Å²) in [5.74, 6) is -0.0971. The van der Waals surface area contributed by atoms with E-state index in [1.54, 1.807) is 0 Å². The Balaban J connectivity index is 4.76. The van der Waals surface area contributed by atoms with E-state index in [1.165, 1.54) is 103 Å². The molecule has 0 aromatic carbocycles. The molecule has 0 rings (SSSR count). The number of rotatable bonds is 30. The van der Waals surface area contributed by atoms with E-state index in [4.69, 9.17) is 9.47 Å². The first-order valence-electron chi connectivity index (χ1n) is 18.1. The predicted octanol–water partition coefficient (Wildman–Crippen LogP) is 11.8. The molecule has 0 heterocycles. The van der Waals surface area contributed by atoms with Crippen molar-refractivity contribution >= 4 is 11.9 Å². The molecule has 0 aliphatic heterocycles. The highest BCUT2D eigenvalue weighted by Gasteiger charge is 2.28. The molecular weight excluding hydrogens is 508 g/mol. The molecule has 4 heteroatoms. The van der Waals surface area contributed by atoms with E-state index in [-0.39, 0.29) is 29.2 Å². The molecule has 0 radical (unpaired) electrons. The number of hydrogen-bond donors (Lipinski definition) is 0. The smallest absolute Gasteiger partial charge is 0.308 e. The summed E-state index contributed by atoms with van der Waals surface area (Å²) < 4.78 is 11.8. The van der Waals surface area contributed by atoms with Crippen LogP contribution in [0.1, 0.15) is 196 Å². The molecule has 0 aromatic rings. The molecule has 0 aromatic heterocycles. The maximum absolute atomic E-state index is 13.1. The molecule has 4 nitrogen and oxygen atoms in total. The number of ether oxygens (including phenoxy) is 2. The van der Waals surface area contributed by atoms with E-state index < -0.39 is 0 Å². The predicted molar refractivity (Wildman–Crippen MR) is 176 cm³/mol. The molecule has 0 fully saturated rings. The molecule has 0 aliphatic rings. The average Bonchev–Trinajstić information content (AvgIpc) is 2.96. The summed E-state index contributed by atoms with van der Waals surface area (Å²) in [6, 6.07) is 0. The van der Waals surface area contributed by atoms with Crippen LogP contribution in [0.3, 0.4) is 0 Å². The van der Waals surface area contributed by atoms with Crippen molar-refractivity contribution in [2.75, 3.05) is 13.2 Å². The molecule has 0 amide bonds. The van der Waals surface area contributed by atoms with Crippen LogP contribution in [0.4, 0.5) is 0 Å². The molecule has 0 saturated heterocycles. The SMILES string of the molecule is CCCCCCCCC(CCCCCC)C(=O)OCC(C)(C)COC(=O)C(CCCCCC)CCCCCCCC. The second-order valence-corrected chi connectivity index (χ2v) is 13.6. The van der Waals surface area contributed by atoms with Gasteiger partial charge in [-0.1, -0.05) is 170 Å². The van der Waals surface area contributed by atoms with Gasteiger partial charge in [-0.15, -0.1) is 0 Å². The summed E-state index contributed by atoms with van der Waals surface area (Å²) in [5, 5.41) is 0. The van der Waals surface area contributed by atoms with Crippen LogP contribution < -0.4 is 0 Å². The monoisotopic (exact) mass is 581 g/mol. The first-order valence-corrected chi connectivity index (χ1v) is 18.1. The van der Waals surface area contributed by atoms with Gasteiger partial charge < -0.3 is 9.47 Å². The van der Waals surface area contributed by atoms with Gasteiger partial charge in [0.15, 0.2) is 0 Å². The van der Waals surface area contributed by atoms with Crippen LogP contribution in [-0.2, 0) is 19.1 Å². The molecule has 244 valence electrons. The van der Waals surface area contributed by atoms with E-state index in [0.29, 0.717) is 13.2 Å². The van der Waals surface area contributed by atoms with E-state index in [0.717, 1.165) is 51.4 Å². The van der Waals surface area contributed by atoms with Crippen molar-refractivity contribution < 1.29 is 19.1 Å². The topological polar surface area (TPSA) is 52.6 Å². The lowest BCUT2D eigenvalue weighted by atomic mass is 9.93. The molecule has 0 saturated carbocycles. The van der Waals surface area contributed by atoms with Gasteiger partial charge in [0, 0.05) is 5.41 Å². The summed E-state index contributed by atoms with van der Waals surface area (Å²) in [7, 11) is 0. The molecule has 0 spiro atoms. The van der Waals surface area contributed by atoms with Crippen molar-refractivity contribution in [1.29, 1.82) is 0 Å². The fourth-order valence-electron chi connectivity index (χ4n) is 5.55. The summed E-state index contributed by atoms with van der Waals surface area (Å²) >= 11 is 0. The highest BCUT2D eigenvalue weighted by Crippen LogP contribution is 2.25. The average molecular weight is 581 g/mol. The van der Waals surface area contributed by atoms with E-state index >= 15 is 0 Å². The number of carbonyl (C=O) groups is 2. The maximum Gasteiger partial charge on any atom is 0.308 e. The van der Waals surface area contributed by atoms with Crippen molar-refractivity contribution in [1.82, 2.24) is 0 Å². The Bertz CT molecular complexity index is 550. The molecule has 2 atom stereocenters. The van der Waals surface area contributed by atoms with Crippen LogP contribution in [-0.4, -0.2) is 25.2 Å². The maximum atomic E-state index is 13.1. The summed E-state index contributed by atoms with van der Waals surface area (Å²) in [5.41, 5.74) is -0.384. The molecule has 0 N–H and O–H groups in total. The highest BCUT2D eigenvalue weighted by atomic mass is 16.5. The highest BCUT2D eigenvalue weighted by molar-refractivity contribution is 5.73. The van der Waals surface area contributed by atoms with Gasteiger partial charge >= 0.3 is 11.9 Å². The minimum Gasteiger partial charge on any atom is -0.465 e. The molecular formula is C37H72O4. The standard InChI is InChI=1S/C37H72O4/c1-7-11-15-19-21-25-29-33(27-23-17-13-9-3)35(38)40-31-37(5,6)32-41-36(39)34(28-24-18-14-10-4)30-26-22-20-16-12-8-2/h33-34H,7-32H2,1-6H3. The van der Waals surface area contributed by atoms with Crippen molar-refractivity contribution in [2.24, 2.45) is 17.3 Å². The summed E-state index contributed by atoms with van der Waals surface area (Å²) in [6.45, 7) is 13.6. The lowest BCUT2D eigenvalue weighted by molar-refractivity contribution is -0.158. The Labute approximate surface area is 256 Å². The van der Waals surface area contributed by atoms with Crippen LogP contribution in [0.15, 0.2) is 0 Å². The van der Waals surface area contributed by atoms with Gasteiger partial charge in [-0.05, 0) is 25.7 Å². The van der Waals surface area contributed by atoms with Crippen molar-refractivity contribution in [3.8, 4) is 0 Å². The van der Waals surface area contributed by atoms with Crippen LogP contribution >= 0.6 is 0 Å². The Hall–Kier alpha value is -1.06. The second-order valence-electron chi connectivity index (χ2n) is 13.6. The van der Waals surface area contributed by atoms with Gasteiger partial charge in [0.05, 0.1) is 25.0 Å². The van der Waals surface area contributed by atoms with E-state index in [2.05, 4.69) is 27.7 Å². The Morgan fingerprint density at radius 1 is 0.439 bits per heavy atom. The minimum absolute atomic E-state index is 0.00112. The molecule has 0 bridgehead atoms. The lowest BCUT2D eigenvalue weighted by Gasteiger charge is -2.26. The third-order valence-corrected chi connectivity index (χ3v) is 8.50. The van der Waals surface area contributed by atoms with Crippen molar-refractivity contribution in [2.45, 2.75) is 196 Å². The fraction of sp³-hybridized carbons (Fsp3) is 0.946. The Morgan fingerprint density at radius 2 is 0.683 bits per heavy atom. The van der Waals surface area contributed by atoms with Gasteiger partial charge in [0.25, 0.3) is 0 Å². The van der Waals surface area contributed by atoms with E-state index in [9.17, 15) is 9.59 Å². The van der Waals surface area contributed by atoms with Gasteiger partial charge in [-0.3, -0.25) is 9.59 Å². The van der Waals surface area contributed by atoms with Gasteiger partial charge in [0.2, 0.25) is 0 Å². The van der Waals surface area contributed by atoms with Gasteiger partial charge in [-0.2, -0.15) is 0 Å². The Kier molecular flexibility index (Phi) is 27.0. The molecule has 0 aliphatic carbocycles. The van der Waals surface area contributed by atoms with E-state index in [1.807, 2.05) is 13.8 Å². The van der Waals surface area contributed by atoms with Gasteiger partial charge in [0.1, 0.15) is 0 Å². The zero-order valence-electron chi connectivity index (χ0n) is 28.7. The largest absolute Gasteiger partial charge is 0.465 e. The number of carbonyl (C=O) groups excluding carboxylic acids is 2. The number of hydrogen-bond acceptors (Lipinski definition) is 4. The second kappa shape index (κ2) is 27.8. The van der Waals surface area contributed by atoms with Crippen LogP contribution in [0.5, 0.6) is 0 Å². The number of esters is 2. The first kappa shape index (κ1) is 39.9. The van der Waals surface area contributed by atoms with Crippen LogP contribution in [0, 0.1) is 17.3 Å². The third-order valence-electron chi connectivity index (χ3n) is 8.50. The zero-order valence-corrected chi connectivity index (χ0v) is 28.7. The summed E-state index contributed by atoms with van der Waals surface area (Å²) in [4.78, 5) is 26.2. The zero-order chi connectivity index (χ0) is 30.6. The van der Waals surface area contributed by atoms with Crippen molar-refractivity contribution in [3.05, 3.63) is 0 Å². The lowest BCUT2D eigenvalue weighted by Crippen LogP contribution is -2.31. The first-order chi connectivity index (χ1) is 19.8. The normalized spacial score (nSPS) is 13.2. The fourth-order valence-corrected chi connectivity index (χ4v) is 5.55. The quantitative estimate of drug-likeness (QED) is 0.0626. The molecule has 41 heavy (non-hydrogen) atoms. The molecule has 2 unspecified atom stereocenters. The third kappa shape index (κ3) is 24.1.